The monoisotopic (exact) mass is 283 g/mol. The van der Waals surface area contributed by atoms with Crippen molar-refractivity contribution in [2.45, 2.75) is 44.7 Å². The van der Waals surface area contributed by atoms with E-state index in [0.29, 0.717) is 12.1 Å². The van der Waals surface area contributed by atoms with Gasteiger partial charge in [-0.1, -0.05) is 6.92 Å². The summed E-state index contributed by atoms with van der Waals surface area (Å²) < 4.78 is 5.54. The van der Waals surface area contributed by atoms with Gasteiger partial charge in [0.15, 0.2) is 0 Å². The zero-order valence-corrected chi connectivity index (χ0v) is 13.6. The molecule has 2 fully saturated rings. The Bertz CT molecular complexity index is 268. The van der Waals surface area contributed by atoms with Crippen molar-refractivity contribution in [2.75, 3.05) is 53.5 Å². The maximum atomic E-state index is 5.54. The van der Waals surface area contributed by atoms with Gasteiger partial charge in [-0.3, -0.25) is 0 Å². The fourth-order valence-corrected chi connectivity index (χ4v) is 3.54. The molecule has 1 N–H and O–H groups in total. The summed E-state index contributed by atoms with van der Waals surface area (Å²) in [5.74, 6) is 0.802. The van der Waals surface area contributed by atoms with Crippen LogP contribution in [0.4, 0.5) is 0 Å². The molecule has 2 rings (SSSR count). The lowest BCUT2D eigenvalue weighted by molar-refractivity contribution is 0.0406. The maximum absolute atomic E-state index is 5.54. The van der Waals surface area contributed by atoms with Gasteiger partial charge in [-0.25, -0.2) is 0 Å². The Hall–Kier alpha value is -0.160. The van der Waals surface area contributed by atoms with E-state index in [1.54, 1.807) is 0 Å². The minimum atomic E-state index is 0.665. The molecule has 2 heterocycles. The van der Waals surface area contributed by atoms with Crippen LogP contribution in [0.1, 0.15) is 32.6 Å². The molecule has 0 aromatic heterocycles. The summed E-state index contributed by atoms with van der Waals surface area (Å²) in [7, 11) is 4.54. The van der Waals surface area contributed by atoms with E-state index >= 15 is 0 Å². The van der Waals surface area contributed by atoms with Crippen LogP contribution in [0, 0.1) is 5.92 Å². The van der Waals surface area contributed by atoms with Crippen LogP contribution in [0.5, 0.6) is 0 Å². The average molecular weight is 283 g/mol. The van der Waals surface area contributed by atoms with Crippen molar-refractivity contribution < 1.29 is 4.74 Å². The second-order valence-corrected chi connectivity index (χ2v) is 6.64. The molecule has 4 nitrogen and oxygen atoms in total. The second kappa shape index (κ2) is 8.32. The summed E-state index contributed by atoms with van der Waals surface area (Å²) in [5.41, 5.74) is 0. The standard InChI is InChI=1S/C16H33N3O/c1-4-7-17-16(14-5-10-20-11-6-14)12-15-13-18(2)8-9-19(15)3/h14-17H,4-13H2,1-3H3. The van der Waals surface area contributed by atoms with Gasteiger partial charge in [-0.2, -0.15) is 0 Å². The molecule has 4 heteroatoms. The van der Waals surface area contributed by atoms with Crippen molar-refractivity contribution >= 4 is 0 Å². The SMILES string of the molecule is CCCNC(CC1CN(C)CCN1C)C1CCOCC1. The number of nitrogens with one attached hydrogen (secondary N) is 1. The number of hydrogen-bond acceptors (Lipinski definition) is 4. The Balaban J connectivity index is 1.91. The van der Waals surface area contributed by atoms with Crippen LogP contribution >= 0.6 is 0 Å². The Morgan fingerprint density at radius 1 is 1.20 bits per heavy atom. The molecule has 2 aliphatic heterocycles. The summed E-state index contributed by atoms with van der Waals surface area (Å²) in [6.07, 6.45) is 4.97. The second-order valence-electron chi connectivity index (χ2n) is 6.64. The van der Waals surface area contributed by atoms with Crippen LogP contribution < -0.4 is 5.32 Å². The van der Waals surface area contributed by atoms with E-state index in [1.807, 2.05) is 0 Å². The van der Waals surface area contributed by atoms with Crippen molar-refractivity contribution in [3.05, 3.63) is 0 Å². The largest absolute Gasteiger partial charge is 0.381 e. The Labute approximate surface area is 124 Å². The zero-order chi connectivity index (χ0) is 14.4. The summed E-state index contributed by atoms with van der Waals surface area (Å²) in [5, 5.41) is 3.82. The number of ether oxygens (including phenoxy) is 1. The topological polar surface area (TPSA) is 27.7 Å². The molecule has 0 aromatic carbocycles. The van der Waals surface area contributed by atoms with Crippen molar-refractivity contribution in [1.29, 1.82) is 0 Å². The van der Waals surface area contributed by atoms with Crippen molar-refractivity contribution in [3.8, 4) is 0 Å². The van der Waals surface area contributed by atoms with Crippen LogP contribution in [-0.2, 0) is 4.74 Å². The molecular formula is C16H33N3O. The van der Waals surface area contributed by atoms with Gasteiger partial charge >= 0.3 is 0 Å². The molecule has 0 aromatic rings. The number of hydrogen-bond donors (Lipinski definition) is 1. The van der Waals surface area contributed by atoms with Gasteiger partial charge in [-0.05, 0) is 52.2 Å². The van der Waals surface area contributed by atoms with Gasteiger partial charge in [0.2, 0.25) is 0 Å². The molecule has 118 valence electrons. The molecule has 2 aliphatic rings. The normalized spacial score (nSPS) is 28.6. The number of piperazine rings is 1. The van der Waals surface area contributed by atoms with E-state index in [2.05, 4.69) is 36.1 Å². The molecule has 0 amide bonds. The minimum Gasteiger partial charge on any atom is -0.381 e. The molecule has 2 saturated heterocycles. The first kappa shape index (κ1) is 16.2. The zero-order valence-electron chi connectivity index (χ0n) is 13.6. The highest BCUT2D eigenvalue weighted by Crippen LogP contribution is 2.24. The first-order valence-corrected chi connectivity index (χ1v) is 8.40. The van der Waals surface area contributed by atoms with Crippen molar-refractivity contribution in [2.24, 2.45) is 5.92 Å². The smallest absolute Gasteiger partial charge is 0.0469 e. The van der Waals surface area contributed by atoms with Crippen molar-refractivity contribution in [1.82, 2.24) is 15.1 Å². The van der Waals surface area contributed by atoms with Crippen LogP contribution in [0.15, 0.2) is 0 Å². The maximum Gasteiger partial charge on any atom is 0.0469 e. The van der Waals surface area contributed by atoms with Crippen LogP contribution in [0.2, 0.25) is 0 Å². The third kappa shape index (κ3) is 4.69. The highest BCUT2D eigenvalue weighted by atomic mass is 16.5. The number of rotatable bonds is 6. The van der Waals surface area contributed by atoms with E-state index in [4.69, 9.17) is 4.74 Å². The quantitative estimate of drug-likeness (QED) is 0.798. The van der Waals surface area contributed by atoms with Gasteiger partial charge in [-0.15, -0.1) is 0 Å². The number of likely N-dealkylation sites (N-methyl/N-ethyl adjacent to an activating group) is 2. The third-order valence-corrected chi connectivity index (χ3v) is 5.00. The minimum absolute atomic E-state index is 0.665. The van der Waals surface area contributed by atoms with Crippen LogP contribution in [0.3, 0.4) is 0 Å². The van der Waals surface area contributed by atoms with Crippen molar-refractivity contribution in [3.63, 3.8) is 0 Å². The molecular weight excluding hydrogens is 250 g/mol. The van der Waals surface area contributed by atoms with Gasteiger partial charge in [0.1, 0.15) is 0 Å². The molecule has 0 bridgehead atoms. The van der Waals surface area contributed by atoms with E-state index in [-0.39, 0.29) is 0 Å². The van der Waals surface area contributed by atoms with Gasteiger partial charge in [0.25, 0.3) is 0 Å². The summed E-state index contributed by atoms with van der Waals surface area (Å²) in [6, 6.07) is 1.36. The average Bonchev–Trinajstić information content (AvgIpc) is 2.48. The first-order chi connectivity index (χ1) is 9.70. The lowest BCUT2D eigenvalue weighted by Crippen LogP contribution is -2.53. The molecule has 0 aliphatic carbocycles. The fraction of sp³-hybridized carbons (Fsp3) is 1.00. The van der Waals surface area contributed by atoms with Gasteiger partial charge < -0.3 is 19.9 Å². The Kier molecular flexibility index (Phi) is 6.75. The lowest BCUT2D eigenvalue weighted by atomic mass is 9.86. The predicted octanol–water partition coefficient (Wildman–Crippen LogP) is 1.42. The van der Waals surface area contributed by atoms with Crippen LogP contribution in [0.25, 0.3) is 0 Å². The molecule has 20 heavy (non-hydrogen) atoms. The highest BCUT2D eigenvalue weighted by Gasteiger charge is 2.30. The van der Waals surface area contributed by atoms with Gasteiger partial charge in [0.05, 0.1) is 0 Å². The predicted molar refractivity (Wildman–Crippen MR) is 84.2 cm³/mol. The molecule has 0 radical (unpaired) electrons. The van der Waals surface area contributed by atoms with E-state index in [1.165, 1.54) is 45.3 Å². The molecule has 2 unspecified atom stereocenters. The summed E-state index contributed by atoms with van der Waals surface area (Å²) in [4.78, 5) is 5.03. The Morgan fingerprint density at radius 3 is 2.65 bits per heavy atom. The van der Waals surface area contributed by atoms with E-state index < -0.39 is 0 Å². The van der Waals surface area contributed by atoms with E-state index in [9.17, 15) is 0 Å². The fourth-order valence-electron chi connectivity index (χ4n) is 3.54. The Morgan fingerprint density at radius 2 is 1.95 bits per heavy atom. The van der Waals surface area contributed by atoms with Crippen LogP contribution in [-0.4, -0.2) is 75.4 Å². The lowest BCUT2D eigenvalue weighted by Gasteiger charge is -2.41. The number of nitrogens with zero attached hydrogens (tertiary/aromatic N) is 2. The first-order valence-electron chi connectivity index (χ1n) is 8.40. The third-order valence-electron chi connectivity index (χ3n) is 5.00. The van der Waals surface area contributed by atoms with E-state index in [0.717, 1.165) is 25.7 Å². The molecule has 2 atom stereocenters. The summed E-state index contributed by atoms with van der Waals surface area (Å²) in [6.45, 7) is 8.93. The van der Waals surface area contributed by atoms with Gasteiger partial charge in [0, 0.05) is 44.9 Å². The summed E-state index contributed by atoms with van der Waals surface area (Å²) >= 11 is 0. The molecule has 0 saturated carbocycles. The molecule has 0 spiro atoms. The highest BCUT2D eigenvalue weighted by molar-refractivity contribution is 4.87.